The molecule has 1 heterocycles. The number of nitrogens with one attached hydrogen (secondary N) is 1. The monoisotopic (exact) mass is 325 g/mol. The van der Waals surface area contributed by atoms with E-state index in [0.717, 1.165) is 41.4 Å². The molecule has 0 fully saturated rings. The van der Waals surface area contributed by atoms with Gasteiger partial charge in [0.1, 0.15) is 0 Å². The van der Waals surface area contributed by atoms with E-state index in [2.05, 4.69) is 30.3 Å². The Bertz CT molecular complexity index is 587. The van der Waals surface area contributed by atoms with Gasteiger partial charge >= 0.3 is 0 Å². The van der Waals surface area contributed by atoms with Gasteiger partial charge in [-0.25, -0.2) is 0 Å². The molecule has 1 aromatic heterocycles. The lowest BCUT2D eigenvalue weighted by molar-refractivity contribution is 0.530. The molecule has 2 aromatic rings. The quantitative estimate of drug-likeness (QED) is 0.840. The maximum Gasteiger partial charge on any atom is 0.0837 e. The molecule has 1 N–H and O–H groups in total. The van der Waals surface area contributed by atoms with Gasteiger partial charge in [0.15, 0.2) is 0 Å². The van der Waals surface area contributed by atoms with Crippen molar-refractivity contribution < 1.29 is 0 Å². The first-order chi connectivity index (χ1) is 10.1. The zero-order chi connectivity index (χ0) is 15.4. The molecule has 0 saturated heterocycles. The standard InChI is InChI=1S/C16H21Cl2N3/c1-4-6-19-15(12-7-11(3)8-13(17)9-12)16-14(18)10-20-21(16)5-2/h7-10,15,19H,4-6H2,1-3H3. The number of aromatic nitrogens is 2. The van der Waals surface area contributed by atoms with Crippen molar-refractivity contribution in [2.45, 2.75) is 39.8 Å². The number of hydrogen-bond acceptors (Lipinski definition) is 2. The zero-order valence-corrected chi connectivity index (χ0v) is 14.2. The van der Waals surface area contributed by atoms with E-state index in [0.29, 0.717) is 5.02 Å². The Kier molecular flexibility index (Phi) is 5.68. The topological polar surface area (TPSA) is 29.9 Å². The Hall–Kier alpha value is -1.03. The summed E-state index contributed by atoms with van der Waals surface area (Å²) >= 11 is 12.6. The van der Waals surface area contributed by atoms with Crippen LogP contribution in [-0.4, -0.2) is 16.3 Å². The van der Waals surface area contributed by atoms with Gasteiger partial charge in [0.2, 0.25) is 0 Å². The van der Waals surface area contributed by atoms with Crippen LogP contribution in [0.4, 0.5) is 0 Å². The molecule has 0 aliphatic rings. The van der Waals surface area contributed by atoms with Crippen molar-refractivity contribution >= 4 is 23.2 Å². The molecule has 114 valence electrons. The van der Waals surface area contributed by atoms with Crippen LogP contribution in [-0.2, 0) is 6.54 Å². The highest BCUT2D eigenvalue weighted by atomic mass is 35.5. The maximum atomic E-state index is 6.37. The SMILES string of the molecule is CCCNC(c1cc(C)cc(Cl)c1)c1c(Cl)cnn1CC. The van der Waals surface area contributed by atoms with Crippen molar-refractivity contribution in [1.82, 2.24) is 15.1 Å². The number of nitrogens with zero attached hydrogens (tertiary/aromatic N) is 2. The van der Waals surface area contributed by atoms with E-state index in [1.807, 2.05) is 23.7 Å². The van der Waals surface area contributed by atoms with E-state index in [1.165, 1.54) is 0 Å². The van der Waals surface area contributed by atoms with E-state index in [9.17, 15) is 0 Å². The number of rotatable bonds is 6. The van der Waals surface area contributed by atoms with E-state index in [4.69, 9.17) is 23.2 Å². The summed E-state index contributed by atoms with van der Waals surface area (Å²) < 4.78 is 1.94. The van der Waals surface area contributed by atoms with Crippen LogP contribution < -0.4 is 5.32 Å². The fourth-order valence-electron chi connectivity index (χ4n) is 2.50. The molecule has 0 bridgehead atoms. The number of halogens is 2. The average Bonchev–Trinajstić information content (AvgIpc) is 2.80. The summed E-state index contributed by atoms with van der Waals surface area (Å²) in [5, 5.41) is 9.33. The van der Waals surface area contributed by atoms with Crippen molar-refractivity contribution in [3.63, 3.8) is 0 Å². The van der Waals surface area contributed by atoms with E-state index < -0.39 is 0 Å². The van der Waals surface area contributed by atoms with Gasteiger partial charge in [-0.15, -0.1) is 0 Å². The Balaban J connectivity index is 2.49. The summed E-state index contributed by atoms with van der Waals surface area (Å²) in [5.74, 6) is 0. The molecule has 1 unspecified atom stereocenters. The van der Waals surface area contributed by atoms with Crippen LogP contribution in [0, 0.1) is 6.92 Å². The van der Waals surface area contributed by atoms with E-state index in [1.54, 1.807) is 6.20 Å². The molecule has 2 rings (SSSR count). The minimum Gasteiger partial charge on any atom is -0.305 e. The van der Waals surface area contributed by atoms with Crippen LogP contribution in [0.5, 0.6) is 0 Å². The lowest BCUT2D eigenvalue weighted by Crippen LogP contribution is -2.26. The molecule has 21 heavy (non-hydrogen) atoms. The molecule has 0 saturated carbocycles. The van der Waals surface area contributed by atoms with Crippen LogP contribution >= 0.6 is 23.2 Å². The largest absolute Gasteiger partial charge is 0.305 e. The lowest BCUT2D eigenvalue weighted by Gasteiger charge is -2.21. The van der Waals surface area contributed by atoms with Crippen LogP contribution in [0.3, 0.4) is 0 Å². The van der Waals surface area contributed by atoms with Gasteiger partial charge < -0.3 is 5.32 Å². The maximum absolute atomic E-state index is 6.37. The average molecular weight is 326 g/mol. The molecule has 1 aromatic carbocycles. The van der Waals surface area contributed by atoms with Gasteiger partial charge in [-0.1, -0.05) is 36.2 Å². The van der Waals surface area contributed by atoms with Gasteiger partial charge in [-0.2, -0.15) is 5.10 Å². The highest BCUT2D eigenvalue weighted by molar-refractivity contribution is 6.31. The molecule has 0 aliphatic carbocycles. The molecular weight excluding hydrogens is 305 g/mol. The molecule has 3 nitrogen and oxygen atoms in total. The van der Waals surface area contributed by atoms with Crippen LogP contribution in [0.1, 0.15) is 43.1 Å². The highest BCUT2D eigenvalue weighted by Crippen LogP contribution is 2.30. The molecule has 0 radical (unpaired) electrons. The van der Waals surface area contributed by atoms with Crippen molar-refractivity contribution in [2.75, 3.05) is 6.54 Å². The second kappa shape index (κ2) is 7.30. The summed E-state index contributed by atoms with van der Waals surface area (Å²) in [6.07, 6.45) is 2.76. The van der Waals surface area contributed by atoms with Crippen LogP contribution in [0.15, 0.2) is 24.4 Å². The van der Waals surface area contributed by atoms with E-state index >= 15 is 0 Å². The molecule has 5 heteroatoms. The summed E-state index contributed by atoms with van der Waals surface area (Å²) in [6, 6.07) is 6.09. The first-order valence-corrected chi connectivity index (χ1v) is 8.04. The highest BCUT2D eigenvalue weighted by Gasteiger charge is 2.21. The second-order valence-electron chi connectivity index (χ2n) is 5.14. The molecule has 0 amide bonds. The Morgan fingerprint density at radius 3 is 2.62 bits per heavy atom. The van der Waals surface area contributed by atoms with Crippen molar-refractivity contribution in [3.05, 3.63) is 51.3 Å². The molecule has 0 aliphatic heterocycles. The predicted octanol–water partition coefficient (Wildman–Crippen LogP) is 4.61. The predicted molar refractivity (Wildman–Crippen MR) is 89.2 cm³/mol. The summed E-state index contributed by atoms with van der Waals surface area (Å²) in [5.41, 5.74) is 3.25. The molecular formula is C16H21Cl2N3. The Morgan fingerprint density at radius 1 is 1.24 bits per heavy atom. The minimum atomic E-state index is -0.00250. The van der Waals surface area contributed by atoms with Gasteiger partial charge in [-0.05, 0) is 50.1 Å². The summed E-state index contributed by atoms with van der Waals surface area (Å²) in [6.45, 7) is 7.94. The van der Waals surface area contributed by atoms with Crippen molar-refractivity contribution in [3.8, 4) is 0 Å². The third kappa shape index (κ3) is 3.79. The number of benzene rings is 1. The zero-order valence-electron chi connectivity index (χ0n) is 12.7. The van der Waals surface area contributed by atoms with E-state index in [-0.39, 0.29) is 6.04 Å². The van der Waals surface area contributed by atoms with Gasteiger partial charge in [-0.3, -0.25) is 4.68 Å². The Morgan fingerprint density at radius 2 is 2.00 bits per heavy atom. The summed E-state index contributed by atoms with van der Waals surface area (Å²) in [4.78, 5) is 0. The Labute approximate surface area is 136 Å². The number of hydrogen-bond donors (Lipinski definition) is 1. The first-order valence-electron chi connectivity index (χ1n) is 7.28. The van der Waals surface area contributed by atoms with Crippen molar-refractivity contribution in [2.24, 2.45) is 0 Å². The fourth-order valence-corrected chi connectivity index (χ4v) is 3.05. The van der Waals surface area contributed by atoms with Gasteiger partial charge in [0, 0.05) is 11.6 Å². The minimum absolute atomic E-state index is 0.00250. The smallest absolute Gasteiger partial charge is 0.0837 e. The fraction of sp³-hybridized carbons (Fsp3) is 0.438. The second-order valence-corrected chi connectivity index (χ2v) is 5.99. The van der Waals surface area contributed by atoms with Crippen molar-refractivity contribution in [1.29, 1.82) is 0 Å². The first kappa shape index (κ1) is 16.3. The van der Waals surface area contributed by atoms with Crippen LogP contribution in [0.25, 0.3) is 0 Å². The summed E-state index contributed by atoms with van der Waals surface area (Å²) in [7, 11) is 0. The lowest BCUT2D eigenvalue weighted by atomic mass is 10.0. The van der Waals surface area contributed by atoms with Gasteiger partial charge in [0.25, 0.3) is 0 Å². The molecule has 1 atom stereocenters. The van der Waals surface area contributed by atoms with Crippen LogP contribution in [0.2, 0.25) is 10.0 Å². The number of aryl methyl sites for hydroxylation is 2. The normalized spacial score (nSPS) is 12.6. The van der Waals surface area contributed by atoms with Gasteiger partial charge in [0.05, 0.1) is 23.0 Å². The third-order valence-electron chi connectivity index (χ3n) is 3.40. The molecule has 0 spiro atoms. The third-order valence-corrected chi connectivity index (χ3v) is 3.91.